The highest BCUT2D eigenvalue weighted by Crippen LogP contribution is 2.32. The van der Waals surface area contributed by atoms with Crippen molar-refractivity contribution in [3.63, 3.8) is 0 Å². The summed E-state index contributed by atoms with van der Waals surface area (Å²) in [6, 6.07) is 7.15. The van der Waals surface area contributed by atoms with E-state index in [4.69, 9.17) is 24.9 Å². The lowest BCUT2D eigenvalue weighted by Gasteiger charge is -2.18. The fourth-order valence-corrected chi connectivity index (χ4v) is 2.15. The van der Waals surface area contributed by atoms with Crippen molar-refractivity contribution >= 4 is 5.91 Å². The van der Waals surface area contributed by atoms with Gasteiger partial charge < -0.3 is 29.9 Å². The third-order valence-electron chi connectivity index (χ3n) is 3.34. The van der Waals surface area contributed by atoms with Gasteiger partial charge in [-0.3, -0.25) is 4.79 Å². The minimum Gasteiger partial charge on any atom is -0.454 e. The first-order valence-electron chi connectivity index (χ1n) is 7.42. The average molecular weight is 333 g/mol. The molecule has 1 aromatic rings. The quantitative estimate of drug-likeness (QED) is 0.443. The lowest BCUT2D eigenvalue weighted by molar-refractivity contribution is -0.117. The molecule has 8 heteroatoms. The molecule has 0 radical (unpaired) electrons. The minimum absolute atomic E-state index is 0.0994. The molecule has 0 unspecified atom stereocenters. The summed E-state index contributed by atoms with van der Waals surface area (Å²) in [4.78, 5) is 13.6. The van der Waals surface area contributed by atoms with Crippen molar-refractivity contribution in [2.24, 2.45) is 0 Å². The molecule has 0 aromatic heterocycles. The van der Waals surface area contributed by atoms with Gasteiger partial charge >= 0.3 is 0 Å². The van der Waals surface area contributed by atoms with Crippen LogP contribution in [0.15, 0.2) is 30.0 Å². The van der Waals surface area contributed by atoms with Gasteiger partial charge in [-0.05, 0) is 17.7 Å². The molecule has 0 atom stereocenters. The topological polar surface area (TPSA) is 115 Å². The summed E-state index contributed by atoms with van der Waals surface area (Å²) >= 11 is 0. The molecule has 8 nitrogen and oxygen atoms in total. The maximum atomic E-state index is 12.1. The van der Waals surface area contributed by atoms with Gasteiger partial charge in [0.1, 0.15) is 11.6 Å². The molecule has 0 aliphatic carbocycles. The van der Waals surface area contributed by atoms with Crippen LogP contribution in [0.5, 0.6) is 11.5 Å². The normalized spacial score (nSPS) is 12.6. The highest BCUT2D eigenvalue weighted by Gasteiger charge is 2.15. The molecule has 1 heterocycles. The van der Waals surface area contributed by atoms with Gasteiger partial charge in [0.25, 0.3) is 5.91 Å². The Bertz CT molecular complexity index is 648. The molecular weight excluding hydrogens is 314 g/mol. The summed E-state index contributed by atoms with van der Waals surface area (Å²) < 4.78 is 10.5. The van der Waals surface area contributed by atoms with E-state index in [1.54, 1.807) is 18.2 Å². The molecule has 1 aromatic carbocycles. The molecule has 0 saturated carbocycles. The first-order chi connectivity index (χ1) is 11.7. The molecule has 128 valence electrons. The van der Waals surface area contributed by atoms with Crippen LogP contribution in [0.3, 0.4) is 0 Å². The van der Waals surface area contributed by atoms with E-state index in [1.807, 2.05) is 6.07 Å². The van der Waals surface area contributed by atoms with E-state index in [0.29, 0.717) is 11.5 Å². The molecular formula is C16H19N3O5. The molecule has 0 fully saturated rings. The van der Waals surface area contributed by atoms with E-state index in [9.17, 15) is 4.79 Å². The second kappa shape index (κ2) is 8.76. The molecule has 0 bridgehead atoms. The molecule has 3 N–H and O–H groups in total. The second-order valence-electron chi connectivity index (χ2n) is 5.01. The zero-order chi connectivity index (χ0) is 17.4. The second-order valence-corrected chi connectivity index (χ2v) is 5.01. The van der Waals surface area contributed by atoms with Crippen LogP contribution in [0.25, 0.3) is 0 Å². The minimum atomic E-state index is -0.531. The van der Waals surface area contributed by atoms with E-state index in [0.717, 1.165) is 5.56 Å². The molecule has 0 spiro atoms. The lowest BCUT2D eigenvalue weighted by atomic mass is 10.2. The summed E-state index contributed by atoms with van der Waals surface area (Å²) in [7, 11) is 0. The van der Waals surface area contributed by atoms with Crippen LogP contribution in [0, 0.1) is 11.3 Å². The third-order valence-corrected chi connectivity index (χ3v) is 3.34. The zero-order valence-electron chi connectivity index (χ0n) is 13.1. The predicted octanol–water partition coefficient (Wildman–Crippen LogP) is -0.274. The Morgan fingerprint density at radius 2 is 2.00 bits per heavy atom. The van der Waals surface area contributed by atoms with Crippen molar-refractivity contribution in [3.8, 4) is 17.6 Å². The smallest absolute Gasteiger partial charge is 0.263 e. The first kappa shape index (κ1) is 17.6. The summed E-state index contributed by atoms with van der Waals surface area (Å²) in [5.74, 6) is 0.747. The Hall–Kier alpha value is -2.76. The van der Waals surface area contributed by atoms with E-state index < -0.39 is 5.91 Å². The number of aliphatic hydroxyl groups excluding tert-OH is 2. The number of nitriles is 1. The molecule has 1 aliphatic rings. The number of benzene rings is 1. The molecule has 24 heavy (non-hydrogen) atoms. The maximum Gasteiger partial charge on any atom is 0.263 e. The van der Waals surface area contributed by atoms with Gasteiger partial charge in [0.05, 0.1) is 13.2 Å². The number of ether oxygens (including phenoxy) is 2. The van der Waals surface area contributed by atoms with Crippen LogP contribution < -0.4 is 14.8 Å². The van der Waals surface area contributed by atoms with Crippen LogP contribution in [-0.2, 0) is 11.3 Å². The van der Waals surface area contributed by atoms with Gasteiger partial charge in [0.15, 0.2) is 11.5 Å². The molecule has 1 aliphatic heterocycles. The fraction of sp³-hybridized carbons (Fsp3) is 0.375. The summed E-state index contributed by atoms with van der Waals surface area (Å²) in [5, 5.41) is 29.7. The van der Waals surface area contributed by atoms with Gasteiger partial charge in [-0.1, -0.05) is 6.07 Å². The van der Waals surface area contributed by atoms with Crippen molar-refractivity contribution in [1.29, 1.82) is 5.26 Å². The third kappa shape index (κ3) is 4.62. The number of nitrogens with zero attached hydrogens (tertiary/aromatic N) is 2. The number of hydrogen-bond acceptors (Lipinski definition) is 7. The van der Waals surface area contributed by atoms with Crippen LogP contribution >= 0.6 is 0 Å². The first-order valence-corrected chi connectivity index (χ1v) is 7.42. The standard InChI is InChI=1S/C16H19N3O5/c17-8-13(10-19(3-5-20)4-6-21)16(22)18-9-12-1-2-14-15(7-12)24-11-23-14/h1-2,7,10,20-21H,3-6,9,11H2,(H,18,22)/b13-10-. The predicted molar refractivity (Wildman–Crippen MR) is 83.9 cm³/mol. The Labute approximate surface area is 139 Å². The van der Waals surface area contributed by atoms with Gasteiger partial charge in [0.2, 0.25) is 6.79 Å². The number of amides is 1. The molecule has 2 rings (SSSR count). The highest BCUT2D eigenvalue weighted by atomic mass is 16.7. The number of carbonyl (C=O) groups excluding carboxylic acids is 1. The summed E-state index contributed by atoms with van der Waals surface area (Å²) in [5.41, 5.74) is 0.713. The number of aliphatic hydroxyl groups is 2. The highest BCUT2D eigenvalue weighted by molar-refractivity contribution is 5.97. The van der Waals surface area contributed by atoms with Gasteiger partial charge in [0, 0.05) is 25.8 Å². The van der Waals surface area contributed by atoms with Crippen molar-refractivity contribution in [3.05, 3.63) is 35.5 Å². The maximum absolute atomic E-state index is 12.1. The largest absolute Gasteiger partial charge is 0.454 e. The monoisotopic (exact) mass is 333 g/mol. The number of carbonyl (C=O) groups is 1. The SMILES string of the molecule is N#C/C(=C/N(CCO)CCO)C(=O)NCc1ccc2c(c1)OCO2. The van der Waals surface area contributed by atoms with Crippen molar-refractivity contribution < 1.29 is 24.5 Å². The summed E-state index contributed by atoms with van der Waals surface area (Å²) in [6.45, 7) is 0.566. The van der Waals surface area contributed by atoms with Crippen molar-refractivity contribution in [1.82, 2.24) is 10.2 Å². The lowest BCUT2D eigenvalue weighted by Crippen LogP contribution is -2.29. The number of fused-ring (bicyclic) bond motifs is 1. The Morgan fingerprint density at radius 3 is 2.67 bits per heavy atom. The van der Waals surface area contributed by atoms with Crippen molar-refractivity contribution in [2.45, 2.75) is 6.54 Å². The number of rotatable bonds is 8. The van der Waals surface area contributed by atoms with Crippen molar-refractivity contribution in [2.75, 3.05) is 33.1 Å². The number of nitrogens with one attached hydrogen (secondary N) is 1. The van der Waals surface area contributed by atoms with Gasteiger partial charge in [-0.15, -0.1) is 0 Å². The van der Waals surface area contributed by atoms with E-state index in [1.165, 1.54) is 11.1 Å². The molecule has 1 amide bonds. The number of hydrogen-bond donors (Lipinski definition) is 3. The van der Waals surface area contributed by atoms with Crippen LogP contribution in [-0.4, -0.2) is 54.1 Å². The van der Waals surface area contributed by atoms with Crippen LogP contribution in [0.2, 0.25) is 0 Å². The van der Waals surface area contributed by atoms with Crippen LogP contribution in [0.1, 0.15) is 5.56 Å². The van der Waals surface area contributed by atoms with E-state index in [-0.39, 0.29) is 45.2 Å². The summed E-state index contributed by atoms with van der Waals surface area (Å²) in [6.07, 6.45) is 1.33. The molecule has 0 saturated heterocycles. The van der Waals surface area contributed by atoms with E-state index >= 15 is 0 Å². The zero-order valence-corrected chi connectivity index (χ0v) is 13.1. The average Bonchev–Trinajstić information content (AvgIpc) is 3.05. The van der Waals surface area contributed by atoms with Crippen LogP contribution in [0.4, 0.5) is 0 Å². The van der Waals surface area contributed by atoms with E-state index in [2.05, 4.69) is 5.32 Å². The Kier molecular flexibility index (Phi) is 6.42. The fourth-order valence-electron chi connectivity index (χ4n) is 2.15. The van der Waals surface area contributed by atoms with Gasteiger partial charge in [-0.2, -0.15) is 5.26 Å². The Morgan fingerprint density at radius 1 is 1.29 bits per heavy atom. The van der Waals surface area contributed by atoms with Gasteiger partial charge in [-0.25, -0.2) is 0 Å². The Balaban J connectivity index is 1.97.